The Hall–Kier alpha value is -1.13. The molecule has 16 heavy (non-hydrogen) atoms. The first kappa shape index (κ1) is 12.9. The SMILES string of the molecule is COc1ccc(F)cc1CNCCCCN. The van der Waals surface area contributed by atoms with Crippen LogP contribution in [-0.2, 0) is 6.54 Å². The Morgan fingerprint density at radius 3 is 2.88 bits per heavy atom. The number of rotatable bonds is 7. The first-order chi connectivity index (χ1) is 7.77. The lowest BCUT2D eigenvalue weighted by atomic mass is 10.2. The zero-order valence-electron chi connectivity index (χ0n) is 9.63. The van der Waals surface area contributed by atoms with Crippen molar-refractivity contribution in [1.29, 1.82) is 0 Å². The highest BCUT2D eigenvalue weighted by Gasteiger charge is 2.03. The molecule has 0 aliphatic heterocycles. The molecule has 0 amide bonds. The van der Waals surface area contributed by atoms with Gasteiger partial charge in [0, 0.05) is 12.1 Å². The van der Waals surface area contributed by atoms with Crippen molar-refractivity contribution in [1.82, 2.24) is 5.32 Å². The Labute approximate surface area is 95.8 Å². The number of benzene rings is 1. The maximum absolute atomic E-state index is 13.0. The van der Waals surface area contributed by atoms with Crippen LogP contribution in [0, 0.1) is 5.82 Å². The molecule has 3 nitrogen and oxygen atoms in total. The lowest BCUT2D eigenvalue weighted by molar-refractivity contribution is 0.406. The van der Waals surface area contributed by atoms with E-state index in [1.807, 2.05) is 0 Å². The predicted octanol–water partition coefficient (Wildman–Crippen LogP) is 1.66. The fourth-order valence-electron chi connectivity index (χ4n) is 1.50. The number of ether oxygens (including phenoxy) is 1. The van der Waals surface area contributed by atoms with Gasteiger partial charge in [0.1, 0.15) is 11.6 Å². The molecular weight excluding hydrogens is 207 g/mol. The summed E-state index contributed by atoms with van der Waals surface area (Å²) in [4.78, 5) is 0. The molecule has 1 aromatic carbocycles. The number of unbranched alkanes of at least 4 members (excludes halogenated alkanes) is 1. The van der Waals surface area contributed by atoms with Gasteiger partial charge in [0.2, 0.25) is 0 Å². The zero-order chi connectivity index (χ0) is 11.8. The van der Waals surface area contributed by atoms with Gasteiger partial charge >= 0.3 is 0 Å². The predicted molar refractivity (Wildman–Crippen MR) is 62.9 cm³/mol. The van der Waals surface area contributed by atoms with E-state index in [0.29, 0.717) is 18.8 Å². The minimum Gasteiger partial charge on any atom is -0.496 e. The second-order valence-corrected chi connectivity index (χ2v) is 3.63. The average Bonchev–Trinajstić information content (AvgIpc) is 2.29. The molecule has 1 aromatic rings. The molecule has 0 spiro atoms. The van der Waals surface area contributed by atoms with Gasteiger partial charge in [-0.15, -0.1) is 0 Å². The van der Waals surface area contributed by atoms with E-state index in [-0.39, 0.29) is 5.82 Å². The quantitative estimate of drug-likeness (QED) is 0.695. The Morgan fingerprint density at radius 2 is 2.19 bits per heavy atom. The van der Waals surface area contributed by atoms with Crippen LogP contribution in [0.3, 0.4) is 0 Å². The molecule has 0 radical (unpaired) electrons. The van der Waals surface area contributed by atoms with E-state index in [9.17, 15) is 4.39 Å². The van der Waals surface area contributed by atoms with Gasteiger partial charge in [-0.3, -0.25) is 0 Å². The van der Waals surface area contributed by atoms with Crippen LogP contribution in [-0.4, -0.2) is 20.2 Å². The molecule has 0 aliphatic rings. The molecule has 0 unspecified atom stereocenters. The van der Waals surface area contributed by atoms with Gasteiger partial charge in [0.25, 0.3) is 0 Å². The van der Waals surface area contributed by atoms with E-state index in [1.54, 1.807) is 13.2 Å². The van der Waals surface area contributed by atoms with Crippen LogP contribution in [0.4, 0.5) is 4.39 Å². The Morgan fingerprint density at radius 1 is 1.38 bits per heavy atom. The van der Waals surface area contributed by atoms with Crippen molar-refractivity contribution in [2.45, 2.75) is 19.4 Å². The molecule has 3 N–H and O–H groups in total. The topological polar surface area (TPSA) is 47.3 Å². The van der Waals surface area contributed by atoms with Crippen LogP contribution in [0.2, 0.25) is 0 Å². The molecule has 0 saturated heterocycles. The smallest absolute Gasteiger partial charge is 0.123 e. The van der Waals surface area contributed by atoms with E-state index in [2.05, 4.69) is 5.32 Å². The minimum atomic E-state index is -0.237. The Bertz CT molecular complexity index is 318. The monoisotopic (exact) mass is 226 g/mol. The van der Waals surface area contributed by atoms with E-state index in [1.165, 1.54) is 12.1 Å². The highest BCUT2D eigenvalue weighted by Crippen LogP contribution is 2.18. The molecule has 0 fully saturated rings. The number of hydrogen-bond donors (Lipinski definition) is 2. The van der Waals surface area contributed by atoms with Crippen LogP contribution in [0.5, 0.6) is 5.75 Å². The van der Waals surface area contributed by atoms with Gasteiger partial charge in [-0.25, -0.2) is 4.39 Å². The number of nitrogens with two attached hydrogens (primary N) is 1. The largest absolute Gasteiger partial charge is 0.496 e. The third kappa shape index (κ3) is 4.16. The van der Waals surface area contributed by atoms with Crippen molar-refractivity contribution in [2.75, 3.05) is 20.2 Å². The molecule has 0 saturated carbocycles. The molecule has 0 heterocycles. The van der Waals surface area contributed by atoms with Crippen LogP contribution in [0.25, 0.3) is 0 Å². The van der Waals surface area contributed by atoms with E-state index < -0.39 is 0 Å². The molecule has 4 heteroatoms. The maximum Gasteiger partial charge on any atom is 0.123 e. The van der Waals surface area contributed by atoms with Crippen molar-refractivity contribution >= 4 is 0 Å². The normalized spacial score (nSPS) is 10.4. The number of methoxy groups -OCH3 is 1. The Balaban J connectivity index is 2.42. The lowest BCUT2D eigenvalue weighted by Gasteiger charge is -2.09. The summed E-state index contributed by atoms with van der Waals surface area (Å²) < 4.78 is 18.2. The van der Waals surface area contributed by atoms with Gasteiger partial charge in [-0.1, -0.05) is 0 Å². The second kappa shape index (κ2) is 7.19. The zero-order valence-corrected chi connectivity index (χ0v) is 9.63. The lowest BCUT2D eigenvalue weighted by Crippen LogP contribution is -2.16. The van der Waals surface area contributed by atoms with Crippen molar-refractivity contribution in [3.63, 3.8) is 0 Å². The van der Waals surface area contributed by atoms with Gasteiger partial charge in [0.15, 0.2) is 0 Å². The fraction of sp³-hybridized carbons (Fsp3) is 0.500. The second-order valence-electron chi connectivity index (χ2n) is 3.63. The molecular formula is C12H19FN2O. The van der Waals surface area contributed by atoms with Crippen molar-refractivity contribution in [3.05, 3.63) is 29.6 Å². The summed E-state index contributed by atoms with van der Waals surface area (Å²) in [7, 11) is 1.59. The summed E-state index contributed by atoms with van der Waals surface area (Å²) in [6.45, 7) is 2.22. The van der Waals surface area contributed by atoms with Crippen LogP contribution in [0.1, 0.15) is 18.4 Å². The van der Waals surface area contributed by atoms with Gasteiger partial charge in [-0.05, 0) is 44.1 Å². The number of halogens is 1. The average molecular weight is 226 g/mol. The first-order valence-electron chi connectivity index (χ1n) is 5.51. The molecule has 0 aliphatic carbocycles. The van der Waals surface area contributed by atoms with Crippen LogP contribution < -0.4 is 15.8 Å². The van der Waals surface area contributed by atoms with Gasteiger partial charge in [-0.2, -0.15) is 0 Å². The summed E-state index contributed by atoms with van der Waals surface area (Å²) in [6.07, 6.45) is 2.04. The third-order valence-electron chi connectivity index (χ3n) is 2.37. The number of nitrogens with one attached hydrogen (secondary N) is 1. The molecule has 1 rings (SSSR count). The third-order valence-corrected chi connectivity index (χ3v) is 2.37. The summed E-state index contributed by atoms with van der Waals surface area (Å²) in [6, 6.07) is 4.54. The number of hydrogen-bond acceptors (Lipinski definition) is 3. The fourth-order valence-corrected chi connectivity index (χ4v) is 1.50. The van der Waals surface area contributed by atoms with E-state index in [0.717, 1.165) is 24.9 Å². The summed E-state index contributed by atoms with van der Waals surface area (Å²) in [5.41, 5.74) is 6.23. The van der Waals surface area contributed by atoms with Gasteiger partial charge in [0.05, 0.1) is 7.11 Å². The van der Waals surface area contributed by atoms with Crippen molar-refractivity contribution in [2.24, 2.45) is 5.73 Å². The summed E-state index contributed by atoms with van der Waals surface area (Å²) in [5.74, 6) is 0.479. The molecule has 90 valence electrons. The summed E-state index contributed by atoms with van der Waals surface area (Å²) >= 11 is 0. The molecule has 0 bridgehead atoms. The summed E-state index contributed by atoms with van der Waals surface area (Å²) in [5, 5.41) is 3.24. The Kier molecular flexibility index (Phi) is 5.82. The van der Waals surface area contributed by atoms with Crippen molar-refractivity contribution in [3.8, 4) is 5.75 Å². The minimum absolute atomic E-state index is 0.237. The molecule has 0 aromatic heterocycles. The maximum atomic E-state index is 13.0. The van der Waals surface area contributed by atoms with Crippen molar-refractivity contribution < 1.29 is 9.13 Å². The van der Waals surface area contributed by atoms with Crippen LogP contribution in [0.15, 0.2) is 18.2 Å². The van der Waals surface area contributed by atoms with Gasteiger partial charge < -0.3 is 15.8 Å². The molecule has 0 atom stereocenters. The first-order valence-corrected chi connectivity index (χ1v) is 5.51. The highest BCUT2D eigenvalue weighted by molar-refractivity contribution is 5.33. The highest BCUT2D eigenvalue weighted by atomic mass is 19.1. The van der Waals surface area contributed by atoms with E-state index in [4.69, 9.17) is 10.5 Å². The van der Waals surface area contributed by atoms with E-state index >= 15 is 0 Å². The standard InChI is InChI=1S/C12H19FN2O/c1-16-12-5-4-11(13)8-10(12)9-15-7-3-2-6-14/h4-5,8,15H,2-3,6-7,9,14H2,1H3. The van der Waals surface area contributed by atoms with Crippen LogP contribution >= 0.6 is 0 Å².